The highest BCUT2D eigenvalue weighted by molar-refractivity contribution is 5.88. The number of aromatic nitrogens is 1. The van der Waals surface area contributed by atoms with Gasteiger partial charge in [0.25, 0.3) is 0 Å². The molecule has 1 atom stereocenters. The van der Waals surface area contributed by atoms with E-state index in [1.165, 1.54) is 5.69 Å². The first-order valence-electron chi connectivity index (χ1n) is 6.45. The van der Waals surface area contributed by atoms with Crippen LogP contribution in [0.25, 0.3) is 0 Å². The molecule has 1 fully saturated rings. The van der Waals surface area contributed by atoms with Gasteiger partial charge in [0.15, 0.2) is 0 Å². The number of nitrogens with zero attached hydrogens (tertiary/aromatic N) is 2. The molecule has 2 rings (SSSR count). The monoisotopic (exact) mass is 244 g/mol. The predicted molar refractivity (Wildman–Crippen MR) is 73.1 cm³/mol. The molecular weight excluding hydrogens is 224 g/mol. The van der Waals surface area contributed by atoms with Crippen molar-refractivity contribution in [2.75, 3.05) is 6.54 Å². The molecule has 1 aliphatic heterocycles. The van der Waals surface area contributed by atoms with Gasteiger partial charge in [-0.15, -0.1) is 0 Å². The molecule has 0 aromatic carbocycles. The number of allylic oxidation sites excluding steroid dienone is 3. The van der Waals surface area contributed by atoms with Crippen LogP contribution in [0.4, 0.5) is 0 Å². The van der Waals surface area contributed by atoms with Gasteiger partial charge >= 0.3 is 0 Å². The van der Waals surface area contributed by atoms with Crippen LogP contribution in [-0.2, 0) is 11.8 Å². The Morgan fingerprint density at radius 1 is 1.44 bits per heavy atom. The summed E-state index contributed by atoms with van der Waals surface area (Å²) < 4.78 is 2.10. The molecule has 96 valence electrons. The Hall–Kier alpha value is -1.77. The number of carbonyl (C=O) groups is 1. The molecule has 0 bridgehead atoms. The normalized spacial score (nSPS) is 20.3. The van der Waals surface area contributed by atoms with E-state index in [1.807, 2.05) is 49.4 Å². The average Bonchev–Trinajstić information content (AvgIpc) is 2.97. The zero-order valence-corrected chi connectivity index (χ0v) is 11.0. The van der Waals surface area contributed by atoms with Crippen molar-refractivity contribution in [3.8, 4) is 0 Å². The fourth-order valence-corrected chi connectivity index (χ4v) is 2.50. The second-order valence-corrected chi connectivity index (χ2v) is 4.62. The van der Waals surface area contributed by atoms with Gasteiger partial charge in [0.05, 0.1) is 6.04 Å². The standard InChI is InChI=1S/C15H20N2O/c1-3-4-5-10-15(18)17-12-7-9-14(17)13-8-6-11-16(13)2/h3-6,8,10-11,14H,7,9,12H2,1-2H3/b4-3+,10-5+/t14-/m0/s1. The van der Waals surface area contributed by atoms with Crippen LogP contribution in [0.1, 0.15) is 31.5 Å². The van der Waals surface area contributed by atoms with Gasteiger partial charge in [-0.05, 0) is 31.9 Å². The lowest BCUT2D eigenvalue weighted by atomic mass is 10.1. The summed E-state index contributed by atoms with van der Waals surface area (Å²) in [6.45, 7) is 2.80. The Bertz CT molecular complexity index is 471. The van der Waals surface area contributed by atoms with Crippen molar-refractivity contribution in [2.45, 2.75) is 25.8 Å². The molecule has 0 spiro atoms. The van der Waals surface area contributed by atoms with E-state index >= 15 is 0 Å². The lowest BCUT2D eigenvalue weighted by Gasteiger charge is -2.24. The minimum atomic E-state index is 0.108. The number of aryl methyl sites for hydroxylation is 1. The third-order valence-corrected chi connectivity index (χ3v) is 3.40. The van der Waals surface area contributed by atoms with Crippen LogP contribution < -0.4 is 0 Å². The molecule has 2 heterocycles. The number of likely N-dealkylation sites (tertiary alicyclic amines) is 1. The van der Waals surface area contributed by atoms with E-state index in [2.05, 4.69) is 10.6 Å². The summed E-state index contributed by atoms with van der Waals surface area (Å²) in [5.41, 5.74) is 1.22. The molecule has 1 aromatic heterocycles. The molecule has 3 heteroatoms. The number of carbonyl (C=O) groups excluding carboxylic acids is 1. The Balaban J connectivity index is 2.13. The molecule has 0 saturated carbocycles. The minimum absolute atomic E-state index is 0.108. The van der Waals surface area contributed by atoms with Crippen LogP contribution >= 0.6 is 0 Å². The highest BCUT2D eigenvalue weighted by atomic mass is 16.2. The molecule has 1 aromatic rings. The number of hydrogen-bond donors (Lipinski definition) is 0. The minimum Gasteiger partial charge on any atom is -0.353 e. The first-order valence-corrected chi connectivity index (χ1v) is 6.45. The van der Waals surface area contributed by atoms with Crippen molar-refractivity contribution in [2.24, 2.45) is 7.05 Å². The molecule has 1 amide bonds. The molecular formula is C15H20N2O. The lowest BCUT2D eigenvalue weighted by molar-refractivity contribution is -0.127. The third kappa shape index (κ3) is 2.55. The molecule has 0 aliphatic carbocycles. The first kappa shape index (κ1) is 12.7. The fraction of sp³-hybridized carbons (Fsp3) is 0.400. The van der Waals surface area contributed by atoms with E-state index in [-0.39, 0.29) is 11.9 Å². The highest BCUT2D eigenvalue weighted by Crippen LogP contribution is 2.31. The van der Waals surface area contributed by atoms with E-state index in [0.29, 0.717) is 0 Å². The van der Waals surface area contributed by atoms with Gasteiger partial charge in [0, 0.05) is 31.6 Å². The van der Waals surface area contributed by atoms with Gasteiger partial charge in [-0.1, -0.05) is 18.2 Å². The van der Waals surface area contributed by atoms with E-state index in [0.717, 1.165) is 19.4 Å². The van der Waals surface area contributed by atoms with Crippen LogP contribution in [0, 0.1) is 0 Å². The van der Waals surface area contributed by atoms with Crippen LogP contribution in [-0.4, -0.2) is 21.9 Å². The largest absolute Gasteiger partial charge is 0.353 e. The van der Waals surface area contributed by atoms with Gasteiger partial charge in [0.1, 0.15) is 0 Å². The van der Waals surface area contributed by atoms with E-state index in [4.69, 9.17) is 0 Å². The second kappa shape index (κ2) is 5.71. The fourth-order valence-electron chi connectivity index (χ4n) is 2.50. The van der Waals surface area contributed by atoms with Gasteiger partial charge in [-0.25, -0.2) is 0 Å². The molecule has 18 heavy (non-hydrogen) atoms. The smallest absolute Gasteiger partial charge is 0.247 e. The maximum Gasteiger partial charge on any atom is 0.247 e. The van der Waals surface area contributed by atoms with E-state index < -0.39 is 0 Å². The van der Waals surface area contributed by atoms with Crippen LogP contribution in [0.2, 0.25) is 0 Å². The summed E-state index contributed by atoms with van der Waals surface area (Å²) in [7, 11) is 2.03. The lowest BCUT2D eigenvalue weighted by Crippen LogP contribution is -2.29. The summed E-state index contributed by atoms with van der Waals surface area (Å²) >= 11 is 0. The van der Waals surface area contributed by atoms with Gasteiger partial charge in [-0.3, -0.25) is 4.79 Å². The molecule has 0 unspecified atom stereocenters. The second-order valence-electron chi connectivity index (χ2n) is 4.62. The van der Waals surface area contributed by atoms with Crippen LogP contribution in [0.5, 0.6) is 0 Å². The van der Waals surface area contributed by atoms with Gasteiger partial charge in [-0.2, -0.15) is 0 Å². The van der Waals surface area contributed by atoms with Crippen molar-refractivity contribution >= 4 is 5.91 Å². The first-order chi connectivity index (χ1) is 8.74. The molecule has 3 nitrogen and oxygen atoms in total. The summed E-state index contributed by atoms with van der Waals surface area (Å²) in [5, 5.41) is 0. The molecule has 0 radical (unpaired) electrons. The Morgan fingerprint density at radius 3 is 2.94 bits per heavy atom. The summed E-state index contributed by atoms with van der Waals surface area (Å²) in [6.07, 6.45) is 11.4. The average molecular weight is 244 g/mol. The zero-order chi connectivity index (χ0) is 13.0. The molecule has 0 N–H and O–H groups in total. The van der Waals surface area contributed by atoms with Gasteiger partial charge in [0.2, 0.25) is 5.91 Å². The molecule has 1 saturated heterocycles. The SMILES string of the molecule is C/C=C/C=C/C(=O)N1CCC[C@H]1c1cccn1C. The number of rotatable bonds is 3. The third-order valence-electron chi connectivity index (χ3n) is 3.40. The van der Waals surface area contributed by atoms with Crippen LogP contribution in [0.3, 0.4) is 0 Å². The Morgan fingerprint density at radius 2 is 2.28 bits per heavy atom. The highest BCUT2D eigenvalue weighted by Gasteiger charge is 2.29. The van der Waals surface area contributed by atoms with E-state index in [1.54, 1.807) is 6.08 Å². The summed E-state index contributed by atoms with van der Waals surface area (Å²) in [4.78, 5) is 14.1. The Kier molecular flexibility index (Phi) is 4.03. The topological polar surface area (TPSA) is 25.2 Å². The maximum absolute atomic E-state index is 12.1. The molecule has 1 aliphatic rings. The summed E-state index contributed by atoms with van der Waals surface area (Å²) in [5.74, 6) is 0.108. The van der Waals surface area contributed by atoms with Crippen LogP contribution in [0.15, 0.2) is 42.6 Å². The Labute approximate surface area is 108 Å². The van der Waals surface area contributed by atoms with Crippen molar-refractivity contribution in [1.82, 2.24) is 9.47 Å². The number of hydrogen-bond acceptors (Lipinski definition) is 1. The quantitative estimate of drug-likeness (QED) is 0.593. The van der Waals surface area contributed by atoms with Crippen molar-refractivity contribution < 1.29 is 4.79 Å². The van der Waals surface area contributed by atoms with Crippen molar-refractivity contribution in [3.63, 3.8) is 0 Å². The number of amides is 1. The van der Waals surface area contributed by atoms with Gasteiger partial charge < -0.3 is 9.47 Å². The maximum atomic E-state index is 12.1. The van der Waals surface area contributed by atoms with E-state index in [9.17, 15) is 4.79 Å². The van der Waals surface area contributed by atoms with Crippen molar-refractivity contribution in [1.29, 1.82) is 0 Å². The predicted octanol–water partition coefficient (Wildman–Crippen LogP) is 2.82. The van der Waals surface area contributed by atoms with Crippen molar-refractivity contribution in [3.05, 3.63) is 48.3 Å². The summed E-state index contributed by atoms with van der Waals surface area (Å²) in [6, 6.07) is 4.37. The zero-order valence-electron chi connectivity index (χ0n) is 11.0.